The number of benzene rings is 3. The van der Waals surface area contributed by atoms with E-state index in [1.807, 2.05) is 78.3 Å². The van der Waals surface area contributed by atoms with E-state index in [0.29, 0.717) is 24.8 Å². The van der Waals surface area contributed by atoms with Gasteiger partial charge in [0.15, 0.2) is 5.75 Å². The van der Waals surface area contributed by atoms with Gasteiger partial charge in [-0.2, -0.15) is 0 Å². The maximum absolute atomic E-state index is 11.8. The first kappa shape index (κ1) is 24.7. The Morgan fingerprint density at radius 3 is 2.54 bits per heavy atom. The lowest BCUT2D eigenvalue weighted by Gasteiger charge is -2.15. The van der Waals surface area contributed by atoms with Crippen molar-refractivity contribution in [3.8, 4) is 17.2 Å². The van der Waals surface area contributed by atoms with Gasteiger partial charge in [-0.15, -0.1) is 0 Å². The first-order chi connectivity index (χ1) is 17.9. The summed E-state index contributed by atoms with van der Waals surface area (Å²) in [6.45, 7) is 4.49. The van der Waals surface area contributed by atoms with E-state index < -0.39 is 0 Å². The number of nitrogens with one attached hydrogen (secondary N) is 2. The smallest absolute Gasteiger partial charge is 0.286 e. The van der Waals surface area contributed by atoms with Crippen molar-refractivity contribution in [3.05, 3.63) is 78.1 Å². The number of anilines is 1. The van der Waals surface area contributed by atoms with Gasteiger partial charge in [0.25, 0.3) is 5.24 Å². The molecule has 8 nitrogen and oxygen atoms in total. The van der Waals surface area contributed by atoms with Gasteiger partial charge in [0.2, 0.25) is 5.91 Å². The Labute approximate surface area is 219 Å². The Balaban J connectivity index is 1.25. The van der Waals surface area contributed by atoms with Crippen molar-refractivity contribution < 1.29 is 19.1 Å². The maximum atomic E-state index is 11.8. The normalized spacial score (nSPS) is 15.3. The molecule has 2 heterocycles. The number of aryl methyl sites for hydroxylation is 1. The molecule has 2 amide bonds. The van der Waals surface area contributed by atoms with E-state index in [1.165, 1.54) is 0 Å². The van der Waals surface area contributed by atoms with E-state index in [4.69, 9.17) is 14.5 Å². The Bertz CT molecular complexity index is 1450. The number of hydrogen-bond donors (Lipinski definition) is 2. The number of rotatable bonds is 9. The van der Waals surface area contributed by atoms with Crippen LogP contribution in [0.5, 0.6) is 17.2 Å². The number of carbonyl (C=O) groups is 2. The average Bonchev–Trinajstić information content (AvgIpc) is 3.36. The minimum Gasteiger partial charge on any atom is -0.486 e. The second kappa shape index (κ2) is 10.6. The number of carbonyl (C=O) groups excluding carboxylic acids is 2. The average molecular weight is 517 g/mol. The Morgan fingerprint density at radius 1 is 1.05 bits per heavy atom. The van der Waals surface area contributed by atoms with Crippen LogP contribution in [0.4, 0.5) is 10.5 Å². The molecule has 37 heavy (non-hydrogen) atoms. The van der Waals surface area contributed by atoms with Gasteiger partial charge in [-0.3, -0.25) is 14.9 Å². The molecule has 1 aromatic heterocycles. The molecule has 0 bridgehead atoms. The van der Waals surface area contributed by atoms with Crippen molar-refractivity contribution in [3.63, 3.8) is 0 Å². The molecule has 1 saturated heterocycles. The predicted octanol–water partition coefficient (Wildman–Crippen LogP) is 5.66. The highest BCUT2D eigenvalue weighted by molar-refractivity contribution is 8.15. The van der Waals surface area contributed by atoms with E-state index in [2.05, 4.69) is 24.5 Å². The molecule has 190 valence electrons. The quantitative estimate of drug-likeness (QED) is 0.296. The summed E-state index contributed by atoms with van der Waals surface area (Å²) in [5.41, 5.74) is 3.72. The number of fused-ring (bicyclic) bond motifs is 1. The summed E-state index contributed by atoms with van der Waals surface area (Å²) in [6, 6.07) is 21.6. The predicted molar refractivity (Wildman–Crippen MR) is 145 cm³/mol. The summed E-state index contributed by atoms with van der Waals surface area (Å²) in [6.07, 6.45) is 0.496. The van der Waals surface area contributed by atoms with Crippen LogP contribution in [-0.4, -0.2) is 32.0 Å². The molecular formula is C28H28N4O4S. The van der Waals surface area contributed by atoms with Crippen molar-refractivity contribution in [1.29, 1.82) is 0 Å². The zero-order chi connectivity index (χ0) is 25.9. The molecular weight excluding hydrogens is 488 g/mol. The maximum Gasteiger partial charge on any atom is 0.286 e. The summed E-state index contributed by atoms with van der Waals surface area (Å²) in [5.74, 6) is 2.75. The number of amides is 2. The van der Waals surface area contributed by atoms with Gasteiger partial charge in [-0.05, 0) is 62.2 Å². The minimum atomic E-state index is -0.381. The molecule has 0 aliphatic carbocycles. The van der Waals surface area contributed by atoms with E-state index >= 15 is 0 Å². The van der Waals surface area contributed by atoms with Gasteiger partial charge >= 0.3 is 0 Å². The molecule has 2 N–H and O–H groups in total. The van der Waals surface area contributed by atoms with Crippen molar-refractivity contribution in [2.75, 3.05) is 5.32 Å². The topological polar surface area (TPSA) is 94.5 Å². The number of aromatic nitrogens is 2. The highest BCUT2D eigenvalue weighted by atomic mass is 32.2. The van der Waals surface area contributed by atoms with Crippen LogP contribution in [0.3, 0.4) is 0 Å². The van der Waals surface area contributed by atoms with Gasteiger partial charge in [-0.25, -0.2) is 4.98 Å². The second-order valence-electron chi connectivity index (χ2n) is 9.15. The van der Waals surface area contributed by atoms with Gasteiger partial charge in [-0.1, -0.05) is 36.0 Å². The third-order valence-corrected chi connectivity index (χ3v) is 6.96. The second-order valence-corrected chi connectivity index (χ2v) is 10.3. The van der Waals surface area contributed by atoms with Crippen LogP contribution >= 0.6 is 11.8 Å². The van der Waals surface area contributed by atoms with E-state index in [1.54, 1.807) is 0 Å². The molecule has 1 atom stereocenters. The molecule has 0 radical (unpaired) electrons. The lowest BCUT2D eigenvalue weighted by atomic mass is 10.1. The summed E-state index contributed by atoms with van der Waals surface area (Å²) >= 11 is 1.03. The van der Waals surface area contributed by atoms with Crippen LogP contribution in [0.25, 0.3) is 11.0 Å². The first-order valence-corrected chi connectivity index (χ1v) is 13.0. The molecule has 5 rings (SSSR count). The number of imide groups is 1. The molecule has 9 heteroatoms. The van der Waals surface area contributed by atoms with Crippen LogP contribution < -0.4 is 20.1 Å². The molecule has 1 aliphatic heterocycles. The van der Waals surface area contributed by atoms with Crippen LogP contribution in [-0.2, 0) is 24.9 Å². The van der Waals surface area contributed by atoms with Crippen LogP contribution in [0.15, 0.2) is 66.7 Å². The van der Waals surface area contributed by atoms with E-state index in [9.17, 15) is 9.59 Å². The Morgan fingerprint density at radius 2 is 1.81 bits per heavy atom. The molecule has 1 unspecified atom stereocenters. The first-order valence-electron chi connectivity index (χ1n) is 12.1. The van der Waals surface area contributed by atoms with Crippen molar-refractivity contribution in [2.24, 2.45) is 7.05 Å². The van der Waals surface area contributed by atoms with E-state index in [0.717, 1.165) is 51.4 Å². The van der Waals surface area contributed by atoms with Crippen molar-refractivity contribution in [2.45, 2.75) is 38.2 Å². The highest BCUT2D eigenvalue weighted by Crippen LogP contribution is 2.32. The lowest BCUT2D eigenvalue weighted by Crippen LogP contribution is -2.25. The Hall–Kier alpha value is -3.98. The zero-order valence-electron chi connectivity index (χ0n) is 20.9. The molecule has 1 aliphatic rings. The standard InChI is InChI=1S/C28H28N4O4S/c1-17(2)29-22-6-4-5-7-24(22)36-20-12-13-21-23(15-20)32(3)26(30-21)16-35-19-10-8-18(9-11-19)14-25-27(33)31-28(34)37-25/h4-13,15,17,25,29H,14,16H2,1-3H3,(H,31,33,34). The molecule has 3 aromatic carbocycles. The number of nitrogens with zero attached hydrogens (tertiary/aromatic N) is 2. The van der Waals surface area contributed by atoms with Crippen LogP contribution in [0.2, 0.25) is 0 Å². The third kappa shape index (κ3) is 5.72. The number of ether oxygens (including phenoxy) is 2. The van der Waals surface area contributed by atoms with Gasteiger partial charge in [0.1, 0.15) is 23.9 Å². The fourth-order valence-electron chi connectivity index (χ4n) is 4.14. The molecule has 1 fully saturated rings. The fourth-order valence-corrected chi connectivity index (χ4v) is 5.00. The van der Waals surface area contributed by atoms with Gasteiger partial charge in [0.05, 0.1) is 22.0 Å². The summed E-state index contributed by atoms with van der Waals surface area (Å²) in [5, 5.41) is 5.06. The number of thioether (sulfide) groups is 1. The van der Waals surface area contributed by atoms with Crippen LogP contribution in [0, 0.1) is 0 Å². The van der Waals surface area contributed by atoms with Crippen molar-refractivity contribution >= 4 is 39.6 Å². The van der Waals surface area contributed by atoms with Gasteiger partial charge < -0.3 is 19.4 Å². The summed E-state index contributed by atoms with van der Waals surface area (Å²) in [7, 11) is 1.96. The molecule has 0 saturated carbocycles. The molecule has 4 aromatic rings. The lowest BCUT2D eigenvalue weighted by molar-refractivity contribution is -0.118. The van der Waals surface area contributed by atoms with E-state index in [-0.39, 0.29) is 16.4 Å². The van der Waals surface area contributed by atoms with Crippen LogP contribution in [0.1, 0.15) is 25.2 Å². The number of imidazole rings is 1. The monoisotopic (exact) mass is 516 g/mol. The molecule has 0 spiro atoms. The summed E-state index contributed by atoms with van der Waals surface area (Å²) < 4.78 is 14.2. The SMILES string of the molecule is CC(C)Nc1ccccc1Oc1ccc2nc(COc3ccc(CC4SC(=O)NC4=O)cc3)n(C)c2c1. The minimum absolute atomic E-state index is 0.234. The third-order valence-electron chi connectivity index (χ3n) is 5.98. The largest absolute Gasteiger partial charge is 0.486 e. The Kier molecular flexibility index (Phi) is 7.05. The highest BCUT2D eigenvalue weighted by Gasteiger charge is 2.31. The van der Waals surface area contributed by atoms with Crippen molar-refractivity contribution in [1.82, 2.24) is 14.9 Å². The zero-order valence-corrected chi connectivity index (χ0v) is 21.7. The number of para-hydroxylation sites is 2. The summed E-state index contributed by atoms with van der Waals surface area (Å²) in [4.78, 5) is 27.9. The number of hydrogen-bond acceptors (Lipinski definition) is 7. The van der Waals surface area contributed by atoms with Gasteiger partial charge in [0, 0.05) is 19.2 Å². The fraction of sp³-hybridized carbons (Fsp3) is 0.250.